The van der Waals surface area contributed by atoms with E-state index in [1.807, 2.05) is 31.2 Å². The molecule has 20 heavy (non-hydrogen) atoms. The van der Waals surface area contributed by atoms with E-state index in [0.717, 1.165) is 5.56 Å². The zero-order chi connectivity index (χ0) is 14.7. The number of rotatable bonds is 3. The van der Waals surface area contributed by atoms with Crippen molar-refractivity contribution in [3.8, 4) is 0 Å². The van der Waals surface area contributed by atoms with Crippen LogP contribution in [0.15, 0.2) is 39.9 Å². The lowest BCUT2D eigenvalue weighted by Crippen LogP contribution is -2.15. The third kappa shape index (κ3) is 3.06. The van der Waals surface area contributed by atoms with Crippen molar-refractivity contribution in [2.75, 3.05) is 0 Å². The van der Waals surface area contributed by atoms with Crippen molar-refractivity contribution in [1.29, 1.82) is 0 Å². The van der Waals surface area contributed by atoms with E-state index in [2.05, 4.69) is 5.16 Å². The number of amidine groups is 1. The van der Waals surface area contributed by atoms with Crippen molar-refractivity contribution < 1.29 is 14.0 Å². The van der Waals surface area contributed by atoms with Crippen molar-refractivity contribution in [2.24, 2.45) is 10.9 Å². The molecule has 0 atom stereocenters. The van der Waals surface area contributed by atoms with Crippen LogP contribution in [0.25, 0.3) is 0 Å². The number of benzene rings is 1. The van der Waals surface area contributed by atoms with Crippen LogP contribution in [0.2, 0.25) is 0 Å². The van der Waals surface area contributed by atoms with Gasteiger partial charge in [-0.3, -0.25) is 0 Å². The number of carbonyl (C=O) groups excluding carboxylic acids is 1. The fraction of sp³-hybridized carbons (Fsp3) is 0.200. The Morgan fingerprint density at radius 3 is 2.40 bits per heavy atom. The highest BCUT2D eigenvalue weighted by Gasteiger charge is 2.15. The lowest BCUT2D eigenvalue weighted by atomic mass is 10.1. The van der Waals surface area contributed by atoms with E-state index in [0.29, 0.717) is 22.6 Å². The molecule has 104 valence electrons. The molecule has 5 nitrogen and oxygen atoms in total. The molecule has 0 radical (unpaired) electrons. The lowest BCUT2D eigenvalue weighted by Gasteiger charge is -2.01. The van der Waals surface area contributed by atoms with Crippen LogP contribution < -0.4 is 5.73 Å². The summed E-state index contributed by atoms with van der Waals surface area (Å²) in [6.07, 6.45) is 0. The van der Waals surface area contributed by atoms with Gasteiger partial charge in [0, 0.05) is 5.56 Å². The van der Waals surface area contributed by atoms with E-state index >= 15 is 0 Å². The first kappa shape index (κ1) is 13.9. The number of furan rings is 1. The van der Waals surface area contributed by atoms with Crippen LogP contribution in [0.4, 0.5) is 0 Å². The summed E-state index contributed by atoms with van der Waals surface area (Å²) >= 11 is 0. The largest absolute Gasteiger partial charge is 0.466 e. The molecule has 0 unspecified atom stereocenters. The molecule has 0 aliphatic carbocycles. The van der Waals surface area contributed by atoms with Crippen LogP contribution in [-0.4, -0.2) is 11.8 Å². The maximum Gasteiger partial charge on any atom is 0.369 e. The second-order valence-corrected chi connectivity index (χ2v) is 4.55. The summed E-state index contributed by atoms with van der Waals surface area (Å²) in [5.74, 6) is 0.701. The van der Waals surface area contributed by atoms with Gasteiger partial charge in [-0.1, -0.05) is 35.0 Å². The molecule has 0 bridgehead atoms. The fourth-order valence-corrected chi connectivity index (χ4v) is 1.75. The Balaban J connectivity index is 2.10. The maximum atomic E-state index is 11.8. The van der Waals surface area contributed by atoms with Gasteiger partial charge in [-0.15, -0.1) is 0 Å². The van der Waals surface area contributed by atoms with Gasteiger partial charge < -0.3 is 15.0 Å². The smallest absolute Gasteiger partial charge is 0.369 e. The number of aryl methyl sites for hydroxylation is 3. The van der Waals surface area contributed by atoms with Gasteiger partial charge in [0.15, 0.2) is 5.84 Å². The van der Waals surface area contributed by atoms with Gasteiger partial charge in [0.25, 0.3) is 0 Å². The lowest BCUT2D eigenvalue weighted by molar-refractivity contribution is 0.0514. The number of oxime groups is 1. The average molecular weight is 272 g/mol. The number of nitrogens with two attached hydrogens (primary N) is 1. The summed E-state index contributed by atoms with van der Waals surface area (Å²) in [4.78, 5) is 16.7. The molecule has 2 rings (SSSR count). The molecule has 2 N–H and O–H groups in total. The van der Waals surface area contributed by atoms with Gasteiger partial charge in [-0.05, 0) is 26.8 Å². The van der Waals surface area contributed by atoms with Crippen LogP contribution in [0.5, 0.6) is 0 Å². The molecule has 0 saturated heterocycles. The molecule has 1 heterocycles. The molecule has 1 aromatic carbocycles. The summed E-state index contributed by atoms with van der Waals surface area (Å²) < 4.78 is 5.26. The summed E-state index contributed by atoms with van der Waals surface area (Å²) in [7, 11) is 0. The Kier molecular flexibility index (Phi) is 3.89. The summed E-state index contributed by atoms with van der Waals surface area (Å²) in [5.41, 5.74) is 7.93. The molecule has 5 heteroatoms. The Hall–Kier alpha value is -2.56. The quantitative estimate of drug-likeness (QED) is 0.403. The zero-order valence-corrected chi connectivity index (χ0v) is 11.6. The first-order valence-electron chi connectivity index (χ1n) is 6.16. The Morgan fingerprint density at radius 2 is 1.85 bits per heavy atom. The Morgan fingerprint density at radius 1 is 1.20 bits per heavy atom. The molecule has 0 saturated carbocycles. The third-order valence-electron chi connectivity index (χ3n) is 2.84. The summed E-state index contributed by atoms with van der Waals surface area (Å²) in [6, 6.07) is 9.05. The van der Waals surface area contributed by atoms with Gasteiger partial charge in [0.2, 0.25) is 0 Å². The number of hydrogen-bond donors (Lipinski definition) is 1. The molecule has 0 aliphatic rings. The monoisotopic (exact) mass is 272 g/mol. The molecule has 0 amide bonds. The highest BCUT2D eigenvalue weighted by atomic mass is 16.7. The standard InChI is InChI=1S/C15H16N2O3/c1-9-4-6-12(7-5-9)14(16)17-20-15(18)13-8-10(2)19-11(13)3/h4-8H,1-3H3,(H2,16,17). The van der Waals surface area contributed by atoms with Crippen LogP contribution in [-0.2, 0) is 4.84 Å². The SMILES string of the molecule is Cc1ccc(/C(N)=N\OC(=O)c2cc(C)oc2C)cc1. The minimum Gasteiger partial charge on any atom is -0.466 e. The number of carbonyl (C=O) groups is 1. The Labute approximate surface area is 117 Å². The molecule has 0 spiro atoms. The molecule has 0 fully saturated rings. The third-order valence-corrected chi connectivity index (χ3v) is 2.84. The van der Waals surface area contributed by atoms with E-state index in [1.54, 1.807) is 19.9 Å². The van der Waals surface area contributed by atoms with Crippen molar-refractivity contribution in [3.63, 3.8) is 0 Å². The predicted octanol–water partition coefficient (Wildman–Crippen LogP) is 2.68. The fourth-order valence-electron chi connectivity index (χ4n) is 1.75. The molecular weight excluding hydrogens is 256 g/mol. The van der Waals surface area contributed by atoms with Crippen molar-refractivity contribution in [2.45, 2.75) is 20.8 Å². The van der Waals surface area contributed by atoms with Crippen LogP contribution in [0.3, 0.4) is 0 Å². The van der Waals surface area contributed by atoms with Crippen molar-refractivity contribution >= 4 is 11.8 Å². The van der Waals surface area contributed by atoms with E-state index in [4.69, 9.17) is 15.0 Å². The van der Waals surface area contributed by atoms with Crippen LogP contribution >= 0.6 is 0 Å². The van der Waals surface area contributed by atoms with Crippen molar-refractivity contribution in [1.82, 2.24) is 0 Å². The van der Waals surface area contributed by atoms with Crippen LogP contribution in [0, 0.1) is 20.8 Å². The number of nitrogens with zero attached hydrogens (tertiary/aromatic N) is 1. The highest BCUT2D eigenvalue weighted by molar-refractivity contribution is 5.98. The predicted molar refractivity (Wildman–Crippen MR) is 75.5 cm³/mol. The second kappa shape index (κ2) is 5.61. The summed E-state index contributed by atoms with van der Waals surface area (Å²) in [5, 5.41) is 3.65. The van der Waals surface area contributed by atoms with E-state index in [1.165, 1.54) is 0 Å². The van der Waals surface area contributed by atoms with Gasteiger partial charge >= 0.3 is 5.97 Å². The Bertz CT molecular complexity index is 654. The van der Waals surface area contributed by atoms with Gasteiger partial charge in [0.05, 0.1) is 0 Å². The molecule has 0 aliphatic heterocycles. The first-order valence-corrected chi connectivity index (χ1v) is 6.16. The minimum absolute atomic E-state index is 0.149. The molecule has 1 aromatic heterocycles. The van der Waals surface area contributed by atoms with Gasteiger partial charge in [-0.2, -0.15) is 0 Å². The molecule has 2 aromatic rings. The maximum absolute atomic E-state index is 11.8. The first-order chi connectivity index (χ1) is 9.47. The topological polar surface area (TPSA) is 77.8 Å². The van der Waals surface area contributed by atoms with E-state index < -0.39 is 5.97 Å². The zero-order valence-electron chi connectivity index (χ0n) is 11.6. The summed E-state index contributed by atoms with van der Waals surface area (Å²) in [6.45, 7) is 5.42. The normalized spacial score (nSPS) is 11.4. The average Bonchev–Trinajstić information content (AvgIpc) is 2.75. The molecular formula is C15H16N2O3. The van der Waals surface area contributed by atoms with E-state index in [-0.39, 0.29) is 5.84 Å². The van der Waals surface area contributed by atoms with Gasteiger partial charge in [0.1, 0.15) is 17.1 Å². The van der Waals surface area contributed by atoms with E-state index in [9.17, 15) is 4.79 Å². The minimum atomic E-state index is -0.589. The van der Waals surface area contributed by atoms with Crippen LogP contribution in [0.1, 0.15) is 33.0 Å². The van der Waals surface area contributed by atoms with Gasteiger partial charge in [-0.25, -0.2) is 4.79 Å². The van der Waals surface area contributed by atoms with Crippen molar-refractivity contribution in [3.05, 3.63) is 58.5 Å². The second-order valence-electron chi connectivity index (χ2n) is 4.55. The number of hydrogen-bond acceptors (Lipinski definition) is 4. The highest BCUT2D eigenvalue weighted by Crippen LogP contribution is 2.15.